The minimum atomic E-state index is -0.858. The third-order valence-electron chi connectivity index (χ3n) is 2.18. The van der Waals surface area contributed by atoms with Gasteiger partial charge >= 0.3 is 5.97 Å². The van der Waals surface area contributed by atoms with Gasteiger partial charge in [0.2, 0.25) is 0 Å². The van der Waals surface area contributed by atoms with Crippen LogP contribution >= 0.6 is 11.3 Å². The molecule has 6 heteroatoms. The molecule has 4 N–H and O–H groups in total. The smallest absolute Gasteiger partial charge is 0.303 e. The zero-order chi connectivity index (χ0) is 11.7. The van der Waals surface area contributed by atoms with E-state index < -0.39 is 5.97 Å². The number of benzene rings is 1. The van der Waals surface area contributed by atoms with Crippen LogP contribution in [0, 0.1) is 0 Å². The highest BCUT2D eigenvalue weighted by molar-refractivity contribution is 7.22. The van der Waals surface area contributed by atoms with Crippen molar-refractivity contribution in [1.82, 2.24) is 4.98 Å². The van der Waals surface area contributed by atoms with Crippen molar-refractivity contribution in [1.29, 1.82) is 0 Å². The topological polar surface area (TPSA) is 96.4 Å². The van der Waals surface area contributed by atoms with Crippen molar-refractivity contribution in [2.24, 2.45) is 0 Å². The van der Waals surface area contributed by atoms with Gasteiger partial charge < -0.3 is 15.9 Å². The van der Waals surface area contributed by atoms with E-state index in [0.717, 1.165) is 10.3 Å². The van der Waals surface area contributed by atoms with Crippen LogP contribution in [0.4, 0.5) is 5.13 Å². The first-order chi connectivity index (χ1) is 7.56. The number of hydrogen-bond acceptors (Lipinski definition) is 5. The van der Waals surface area contributed by atoms with Gasteiger partial charge in [0, 0.05) is 6.42 Å². The monoisotopic (exact) mass is 238 g/mol. The van der Waals surface area contributed by atoms with Crippen molar-refractivity contribution in [3.05, 3.63) is 17.7 Å². The van der Waals surface area contributed by atoms with E-state index in [9.17, 15) is 9.90 Å². The Morgan fingerprint density at radius 2 is 2.25 bits per heavy atom. The van der Waals surface area contributed by atoms with Crippen molar-refractivity contribution >= 4 is 32.7 Å². The van der Waals surface area contributed by atoms with Crippen LogP contribution in [-0.4, -0.2) is 21.2 Å². The van der Waals surface area contributed by atoms with Crippen LogP contribution in [-0.2, 0) is 11.2 Å². The summed E-state index contributed by atoms with van der Waals surface area (Å²) in [5.74, 6) is -0.811. The fourth-order valence-electron chi connectivity index (χ4n) is 1.48. The molecule has 84 valence electrons. The number of phenolic OH excluding ortho intramolecular Hbond substituents is 1. The van der Waals surface area contributed by atoms with Crippen LogP contribution in [0.15, 0.2) is 12.1 Å². The Bertz CT molecular complexity index is 550. The summed E-state index contributed by atoms with van der Waals surface area (Å²) in [4.78, 5) is 14.4. The van der Waals surface area contributed by atoms with Crippen LogP contribution < -0.4 is 5.73 Å². The molecular weight excluding hydrogens is 228 g/mol. The number of rotatable bonds is 3. The van der Waals surface area contributed by atoms with E-state index in [4.69, 9.17) is 10.8 Å². The Morgan fingerprint density at radius 3 is 2.94 bits per heavy atom. The summed E-state index contributed by atoms with van der Waals surface area (Å²) in [6.07, 6.45) is 0.426. The summed E-state index contributed by atoms with van der Waals surface area (Å²) < 4.78 is 0.776. The van der Waals surface area contributed by atoms with Gasteiger partial charge in [-0.1, -0.05) is 11.3 Å². The molecule has 0 aliphatic rings. The summed E-state index contributed by atoms with van der Waals surface area (Å²) in [5.41, 5.74) is 6.78. The first-order valence-corrected chi connectivity index (χ1v) is 5.47. The Morgan fingerprint density at radius 1 is 1.50 bits per heavy atom. The number of anilines is 1. The maximum atomic E-state index is 10.4. The largest absolute Gasteiger partial charge is 0.506 e. The average Bonchev–Trinajstić information content (AvgIpc) is 2.56. The number of aromatic nitrogens is 1. The summed E-state index contributed by atoms with van der Waals surface area (Å²) in [6, 6.07) is 3.34. The fourth-order valence-corrected chi connectivity index (χ4v) is 2.30. The second kappa shape index (κ2) is 3.97. The molecule has 0 bridgehead atoms. The quantitative estimate of drug-likeness (QED) is 0.754. The number of nitrogens with two attached hydrogens (primary N) is 1. The molecule has 0 aliphatic carbocycles. The SMILES string of the molecule is Nc1nc2c(O)cc(CCC(=O)O)cc2s1. The highest BCUT2D eigenvalue weighted by Gasteiger charge is 2.09. The highest BCUT2D eigenvalue weighted by atomic mass is 32.1. The van der Waals surface area contributed by atoms with Gasteiger partial charge in [0.1, 0.15) is 11.3 Å². The van der Waals surface area contributed by atoms with Gasteiger partial charge in [-0.25, -0.2) is 4.98 Å². The van der Waals surface area contributed by atoms with E-state index in [1.165, 1.54) is 17.4 Å². The molecule has 5 nitrogen and oxygen atoms in total. The van der Waals surface area contributed by atoms with Gasteiger partial charge in [-0.2, -0.15) is 0 Å². The Hall–Kier alpha value is -1.82. The summed E-state index contributed by atoms with van der Waals surface area (Å²) in [5, 5.41) is 18.6. The van der Waals surface area contributed by atoms with Crippen molar-refractivity contribution in [3.63, 3.8) is 0 Å². The molecule has 2 aromatic rings. The van der Waals surface area contributed by atoms with E-state index in [0.29, 0.717) is 17.1 Å². The predicted molar refractivity (Wildman–Crippen MR) is 61.7 cm³/mol. The first-order valence-electron chi connectivity index (χ1n) is 4.66. The summed E-state index contributed by atoms with van der Waals surface area (Å²) in [6.45, 7) is 0. The predicted octanol–water partition coefficient (Wildman–Crippen LogP) is 1.60. The molecule has 1 heterocycles. The van der Waals surface area contributed by atoms with Crippen molar-refractivity contribution in [2.45, 2.75) is 12.8 Å². The number of aliphatic carboxylic acids is 1. The highest BCUT2D eigenvalue weighted by Crippen LogP contribution is 2.32. The molecule has 0 saturated carbocycles. The second-order valence-corrected chi connectivity index (χ2v) is 4.47. The van der Waals surface area contributed by atoms with E-state index >= 15 is 0 Å². The van der Waals surface area contributed by atoms with E-state index in [1.54, 1.807) is 0 Å². The number of nitrogen functional groups attached to an aromatic ring is 1. The molecule has 0 amide bonds. The zero-order valence-corrected chi connectivity index (χ0v) is 9.12. The first kappa shape index (κ1) is 10.7. The number of fused-ring (bicyclic) bond motifs is 1. The molecule has 1 aromatic heterocycles. The lowest BCUT2D eigenvalue weighted by atomic mass is 10.1. The molecule has 1 aromatic carbocycles. The summed E-state index contributed by atoms with van der Waals surface area (Å²) in [7, 11) is 0. The number of thiazole rings is 1. The van der Waals surface area contributed by atoms with Crippen LogP contribution in [0.5, 0.6) is 5.75 Å². The molecule has 0 unspecified atom stereocenters. The van der Waals surface area contributed by atoms with Crippen LogP contribution in [0.25, 0.3) is 10.2 Å². The maximum absolute atomic E-state index is 10.4. The molecular formula is C10H10N2O3S. The lowest BCUT2D eigenvalue weighted by molar-refractivity contribution is -0.136. The van der Waals surface area contributed by atoms with Crippen molar-refractivity contribution in [2.75, 3.05) is 5.73 Å². The van der Waals surface area contributed by atoms with Crippen LogP contribution in [0.3, 0.4) is 0 Å². The molecule has 0 fully saturated rings. The van der Waals surface area contributed by atoms with Crippen molar-refractivity contribution in [3.8, 4) is 5.75 Å². The van der Waals surface area contributed by atoms with Crippen LogP contribution in [0.1, 0.15) is 12.0 Å². The third-order valence-corrected chi connectivity index (χ3v) is 3.01. The lowest BCUT2D eigenvalue weighted by Crippen LogP contribution is -1.97. The van der Waals surface area contributed by atoms with E-state index in [1.807, 2.05) is 6.07 Å². The molecule has 0 atom stereocenters. The number of carbonyl (C=O) groups is 1. The number of phenols is 1. The lowest BCUT2D eigenvalue weighted by Gasteiger charge is -2.00. The molecule has 16 heavy (non-hydrogen) atoms. The number of hydrogen-bond donors (Lipinski definition) is 3. The number of aromatic hydroxyl groups is 1. The van der Waals surface area contributed by atoms with Gasteiger partial charge in [-0.3, -0.25) is 4.79 Å². The van der Waals surface area contributed by atoms with Crippen LogP contribution in [0.2, 0.25) is 0 Å². The molecule has 2 rings (SSSR count). The van der Waals surface area contributed by atoms with Gasteiger partial charge in [0.15, 0.2) is 5.13 Å². The third kappa shape index (κ3) is 2.06. The molecule has 0 radical (unpaired) electrons. The van der Waals surface area contributed by atoms with Gasteiger partial charge in [0.25, 0.3) is 0 Å². The number of carboxylic acids is 1. The standard InChI is InChI=1S/C10H10N2O3S/c11-10-12-9-6(13)3-5(1-2-8(14)15)4-7(9)16-10/h3-4,13H,1-2H2,(H2,11,12)(H,14,15). The normalized spacial score (nSPS) is 10.8. The maximum Gasteiger partial charge on any atom is 0.303 e. The summed E-state index contributed by atoms with van der Waals surface area (Å²) >= 11 is 1.27. The van der Waals surface area contributed by atoms with Gasteiger partial charge in [-0.15, -0.1) is 0 Å². The van der Waals surface area contributed by atoms with Gasteiger partial charge in [-0.05, 0) is 24.1 Å². The Kier molecular flexibility index (Phi) is 2.66. The van der Waals surface area contributed by atoms with E-state index in [2.05, 4.69) is 4.98 Å². The number of carboxylic acid groups (broad SMARTS) is 1. The second-order valence-electron chi connectivity index (χ2n) is 3.41. The van der Waals surface area contributed by atoms with Gasteiger partial charge in [0.05, 0.1) is 4.70 Å². The zero-order valence-electron chi connectivity index (χ0n) is 8.30. The number of nitrogens with zero attached hydrogens (tertiary/aromatic N) is 1. The van der Waals surface area contributed by atoms with Crippen molar-refractivity contribution < 1.29 is 15.0 Å². The minimum absolute atomic E-state index is 0.0409. The Labute approximate surface area is 95.2 Å². The fraction of sp³-hybridized carbons (Fsp3) is 0.200. The number of aryl methyl sites for hydroxylation is 1. The molecule has 0 aliphatic heterocycles. The average molecular weight is 238 g/mol. The Balaban J connectivity index is 2.37. The molecule has 0 spiro atoms. The molecule has 0 saturated heterocycles. The van der Waals surface area contributed by atoms with E-state index in [-0.39, 0.29) is 12.2 Å². The minimum Gasteiger partial charge on any atom is -0.506 e.